The quantitative estimate of drug-likeness (QED) is 0.920. The maximum Gasteiger partial charge on any atom is 0.231 e. The summed E-state index contributed by atoms with van der Waals surface area (Å²) in [5, 5.41) is 3.68. The Balaban J connectivity index is 1.87. The molecule has 2 heterocycles. The van der Waals surface area contributed by atoms with Gasteiger partial charge in [-0.2, -0.15) is 9.97 Å². The standard InChI is InChI=1S/C12H12ClN5/c1-7-15-11(8-2-3-8)18-12(16-7)17-10-6-9(13)4-5-14-10/h4-6,8H,2-3H2,1H3,(H,14,15,16,17,18). The molecule has 1 fully saturated rings. The van der Waals surface area contributed by atoms with E-state index < -0.39 is 0 Å². The van der Waals surface area contributed by atoms with Crippen molar-refractivity contribution in [2.24, 2.45) is 0 Å². The molecule has 0 amide bonds. The summed E-state index contributed by atoms with van der Waals surface area (Å²) >= 11 is 5.90. The smallest absolute Gasteiger partial charge is 0.231 e. The molecule has 0 spiro atoms. The van der Waals surface area contributed by atoms with E-state index in [1.165, 1.54) is 0 Å². The molecule has 1 aliphatic carbocycles. The van der Waals surface area contributed by atoms with Crippen molar-refractivity contribution in [1.29, 1.82) is 0 Å². The highest BCUT2D eigenvalue weighted by Gasteiger charge is 2.27. The normalized spacial score (nSPS) is 14.6. The Morgan fingerprint density at radius 2 is 2.11 bits per heavy atom. The summed E-state index contributed by atoms with van der Waals surface area (Å²) < 4.78 is 0. The second-order valence-corrected chi connectivity index (χ2v) is 4.76. The maximum absolute atomic E-state index is 5.90. The van der Waals surface area contributed by atoms with Gasteiger partial charge < -0.3 is 5.32 Å². The van der Waals surface area contributed by atoms with Gasteiger partial charge in [0.1, 0.15) is 17.5 Å². The molecule has 1 saturated carbocycles. The molecule has 0 radical (unpaired) electrons. The molecule has 2 aromatic rings. The molecule has 0 bridgehead atoms. The van der Waals surface area contributed by atoms with E-state index in [2.05, 4.69) is 25.3 Å². The minimum Gasteiger partial charge on any atom is -0.309 e. The zero-order valence-electron chi connectivity index (χ0n) is 9.89. The predicted octanol–water partition coefficient (Wildman–Crippen LogP) is 2.85. The van der Waals surface area contributed by atoms with Gasteiger partial charge in [-0.25, -0.2) is 9.97 Å². The van der Waals surface area contributed by atoms with Crippen LogP contribution < -0.4 is 5.32 Å². The first-order valence-corrected chi connectivity index (χ1v) is 6.19. The number of aromatic nitrogens is 4. The van der Waals surface area contributed by atoms with Crippen LogP contribution >= 0.6 is 11.6 Å². The van der Waals surface area contributed by atoms with Crippen molar-refractivity contribution in [3.8, 4) is 0 Å². The molecule has 3 rings (SSSR count). The number of nitrogens with zero attached hydrogens (tertiary/aromatic N) is 4. The van der Waals surface area contributed by atoms with Gasteiger partial charge in [-0.3, -0.25) is 0 Å². The van der Waals surface area contributed by atoms with E-state index in [-0.39, 0.29) is 0 Å². The van der Waals surface area contributed by atoms with E-state index in [0.29, 0.717) is 22.7 Å². The Kier molecular flexibility index (Phi) is 2.83. The van der Waals surface area contributed by atoms with E-state index in [1.807, 2.05) is 6.92 Å². The molecule has 0 unspecified atom stereocenters. The fourth-order valence-electron chi connectivity index (χ4n) is 1.67. The number of anilines is 2. The van der Waals surface area contributed by atoms with Crippen LogP contribution in [0, 0.1) is 6.92 Å². The topological polar surface area (TPSA) is 63.6 Å². The molecule has 0 atom stereocenters. The molecule has 6 heteroatoms. The number of halogens is 1. The van der Waals surface area contributed by atoms with Gasteiger partial charge in [0.25, 0.3) is 0 Å². The number of aryl methyl sites for hydroxylation is 1. The second kappa shape index (κ2) is 4.49. The average Bonchev–Trinajstić information content (AvgIpc) is 3.11. The SMILES string of the molecule is Cc1nc(Nc2cc(Cl)ccn2)nc(C2CC2)n1. The molecule has 1 aliphatic rings. The highest BCUT2D eigenvalue weighted by atomic mass is 35.5. The highest BCUT2D eigenvalue weighted by Crippen LogP contribution is 2.38. The number of pyridine rings is 1. The fourth-order valence-corrected chi connectivity index (χ4v) is 1.83. The van der Waals surface area contributed by atoms with Gasteiger partial charge >= 0.3 is 0 Å². The summed E-state index contributed by atoms with van der Waals surface area (Å²) in [6.07, 6.45) is 3.97. The van der Waals surface area contributed by atoms with Gasteiger partial charge in [0.2, 0.25) is 5.95 Å². The van der Waals surface area contributed by atoms with E-state index in [4.69, 9.17) is 11.6 Å². The molecule has 18 heavy (non-hydrogen) atoms. The minimum atomic E-state index is 0.500. The number of rotatable bonds is 3. The number of hydrogen-bond acceptors (Lipinski definition) is 5. The summed E-state index contributed by atoms with van der Waals surface area (Å²) in [4.78, 5) is 17.2. The van der Waals surface area contributed by atoms with Crippen molar-refractivity contribution in [3.05, 3.63) is 35.0 Å². The molecule has 1 N–H and O–H groups in total. The summed E-state index contributed by atoms with van der Waals surface area (Å²) in [6.45, 7) is 1.87. The lowest BCUT2D eigenvalue weighted by atomic mass is 10.4. The number of nitrogens with one attached hydrogen (secondary N) is 1. The van der Waals surface area contributed by atoms with Gasteiger partial charge in [-0.05, 0) is 31.9 Å². The molecular formula is C12H12ClN5. The summed E-state index contributed by atoms with van der Waals surface area (Å²) in [6, 6.07) is 3.46. The van der Waals surface area contributed by atoms with Crippen LogP contribution in [0.4, 0.5) is 11.8 Å². The zero-order valence-corrected chi connectivity index (χ0v) is 10.6. The Bertz CT molecular complexity index is 582. The van der Waals surface area contributed by atoms with Crippen molar-refractivity contribution < 1.29 is 0 Å². The Labute approximate surface area is 110 Å². The van der Waals surface area contributed by atoms with Crippen LogP contribution in [0.3, 0.4) is 0 Å². The lowest BCUT2D eigenvalue weighted by Crippen LogP contribution is -2.05. The molecule has 5 nitrogen and oxygen atoms in total. The van der Waals surface area contributed by atoms with Gasteiger partial charge in [-0.1, -0.05) is 11.6 Å². The first-order valence-electron chi connectivity index (χ1n) is 5.82. The Morgan fingerprint density at radius 1 is 1.28 bits per heavy atom. The summed E-state index contributed by atoms with van der Waals surface area (Å²) in [7, 11) is 0. The molecule has 0 aromatic carbocycles. The van der Waals surface area contributed by atoms with Crippen LogP contribution in [0.2, 0.25) is 5.02 Å². The average molecular weight is 262 g/mol. The van der Waals surface area contributed by atoms with Crippen LogP contribution in [0.5, 0.6) is 0 Å². The number of hydrogen-bond donors (Lipinski definition) is 1. The molecular weight excluding hydrogens is 250 g/mol. The van der Waals surface area contributed by atoms with Crippen molar-refractivity contribution in [1.82, 2.24) is 19.9 Å². The Hall–Kier alpha value is -1.75. The van der Waals surface area contributed by atoms with E-state index in [9.17, 15) is 0 Å². The second-order valence-electron chi connectivity index (χ2n) is 4.32. The van der Waals surface area contributed by atoms with E-state index in [0.717, 1.165) is 24.5 Å². The van der Waals surface area contributed by atoms with Crippen molar-refractivity contribution in [3.63, 3.8) is 0 Å². The van der Waals surface area contributed by atoms with Crippen molar-refractivity contribution >= 4 is 23.4 Å². The van der Waals surface area contributed by atoms with Crippen molar-refractivity contribution in [2.75, 3.05) is 5.32 Å². The first-order chi connectivity index (χ1) is 8.70. The monoisotopic (exact) mass is 261 g/mol. The molecule has 92 valence electrons. The van der Waals surface area contributed by atoms with Gasteiger partial charge in [0, 0.05) is 17.1 Å². The molecule has 2 aromatic heterocycles. The highest BCUT2D eigenvalue weighted by molar-refractivity contribution is 6.30. The minimum absolute atomic E-state index is 0.500. The predicted molar refractivity (Wildman–Crippen MR) is 69.1 cm³/mol. The lowest BCUT2D eigenvalue weighted by molar-refractivity contribution is 0.860. The fraction of sp³-hybridized carbons (Fsp3) is 0.333. The van der Waals surface area contributed by atoms with Gasteiger partial charge in [-0.15, -0.1) is 0 Å². The lowest BCUT2D eigenvalue weighted by Gasteiger charge is -2.06. The Morgan fingerprint density at radius 3 is 2.83 bits per heavy atom. The van der Waals surface area contributed by atoms with E-state index >= 15 is 0 Å². The zero-order chi connectivity index (χ0) is 12.5. The largest absolute Gasteiger partial charge is 0.309 e. The molecule has 0 aliphatic heterocycles. The van der Waals surface area contributed by atoms with Crippen LogP contribution in [-0.2, 0) is 0 Å². The van der Waals surface area contributed by atoms with E-state index in [1.54, 1.807) is 18.3 Å². The van der Waals surface area contributed by atoms with Gasteiger partial charge in [0.05, 0.1) is 0 Å². The third-order valence-corrected chi connectivity index (χ3v) is 2.90. The molecule has 0 saturated heterocycles. The van der Waals surface area contributed by atoms with Crippen molar-refractivity contribution in [2.45, 2.75) is 25.7 Å². The van der Waals surface area contributed by atoms with Crippen LogP contribution in [0.1, 0.15) is 30.4 Å². The third-order valence-electron chi connectivity index (χ3n) is 2.67. The summed E-state index contributed by atoms with van der Waals surface area (Å²) in [5.74, 6) is 3.25. The summed E-state index contributed by atoms with van der Waals surface area (Å²) in [5.41, 5.74) is 0. The third kappa shape index (κ3) is 2.56. The van der Waals surface area contributed by atoms with Crippen LogP contribution in [0.25, 0.3) is 0 Å². The van der Waals surface area contributed by atoms with Crippen LogP contribution in [0.15, 0.2) is 18.3 Å². The first kappa shape index (κ1) is 11.3. The van der Waals surface area contributed by atoms with Gasteiger partial charge in [0.15, 0.2) is 0 Å². The van der Waals surface area contributed by atoms with Crippen LogP contribution in [-0.4, -0.2) is 19.9 Å². The maximum atomic E-state index is 5.90.